The number of benzene rings is 2. The van der Waals surface area contributed by atoms with Crippen LogP contribution in [-0.4, -0.2) is 0 Å². The Balaban J connectivity index is 1.67. The number of hydrogen-bond donors (Lipinski definition) is 0. The zero-order valence-corrected chi connectivity index (χ0v) is 18.5. The van der Waals surface area contributed by atoms with Crippen molar-refractivity contribution in [2.24, 2.45) is 10.8 Å². The Kier molecular flexibility index (Phi) is 4.72. The van der Waals surface area contributed by atoms with E-state index in [-0.39, 0.29) is 16.2 Å². The Morgan fingerprint density at radius 1 is 0.793 bits per heavy atom. The summed E-state index contributed by atoms with van der Waals surface area (Å²) in [5.41, 5.74) is 4.06. The van der Waals surface area contributed by atoms with Crippen LogP contribution < -0.4 is 0 Å². The normalized spacial score (nSPS) is 21.5. The van der Waals surface area contributed by atoms with E-state index in [4.69, 9.17) is 0 Å². The van der Waals surface area contributed by atoms with Crippen molar-refractivity contribution in [1.29, 1.82) is 0 Å². The first-order chi connectivity index (χ1) is 13.6. The summed E-state index contributed by atoms with van der Waals surface area (Å²) < 4.78 is 27.9. The van der Waals surface area contributed by atoms with Crippen LogP contribution in [0.3, 0.4) is 0 Å². The smallest absolute Gasteiger partial charge is 0.126 e. The summed E-state index contributed by atoms with van der Waals surface area (Å²) >= 11 is 0. The monoisotopic (exact) mass is 396 g/mol. The highest BCUT2D eigenvalue weighted by molar-refractivity contribution is 5.40. The first-order valence-corrected chi connectivity index (χ1v) is 11.1. The highest BCUT2D eigenvalue weighted by atomic mass is 19.1. The average Bonchev–Trinajstić information content (AvgIpc) is 3.54. The standard InChI is InChI=1S/C27H34F2/c1-6-25(5,27(12-13-27)21-15-22(28)17-23(29)16-21)18-19-8-7-9-20(14-19)26(10-11-26)24(2,3)4/h7-9,14-17H,6,10-13,18H2,1-5H3. The molecule has 2 heteroatoms. The van der Waals surface area contributed by atoms with Crippen LogP contribution in [0.15, 0.2) is 42.5 Å². The molecule has 0 saturated heterocycles. The lowest BCUT2D eigenvalue weighted by atomic mass is 9.65. The molecule has 0 N–H and O–H groups in total. The van der Waals surface area contributed by atoms with E-state index >= 15 is 0 Å². The van der Waals surface area contributed by atoms with Crippen LogP contribution in [0.25, 0.3) is 0 Å². The van der Waals surface area contributed by atoms with Gasteiger partial charge in [-0.2, -0.15) is 0 Å². The van der Waals surface area contributed by atoms with E-state index in [9.17, 15) is 8.78 Å². The summed E-state index contributed by atoms with van der Waals surface area (Å²) in [4.78, 5) is 0. The lowest BCUT2D eigenvalue weighted by molar-refractivity contribution is 0.217. The van der Waals surface area contributed by atoms with Crippen LogP contribution in [0, 0.1) is 22.5 Å². The molecule has 0 radical (unpaired) electrons. The molecule has 156 valence electrons. The van der Waals surface area contributed by atoms with Gasteiger partial charge in [-0.25, -0.2) is 8.78 Å². The van der Waals surface area contributed by atoms with Crippen molar-refractivity contribution in [3.05, 3.63) is 70.8 Å². The third kappa shape index (κ3) is 3.33. The predicted octanol–water partition coefficient (Wildman–Crippen LogP) is 7.73. The maximum Gasteiger partial charge on any atom is 0.126 e. The summed E-state index contributed by atoms with van der Waals surface area (Å²) in [7, 11) is 0. The minimum atomic E-state index is -0.465. The minimum Gasteiger partial charge on any atom is -0.207 e. The zero-order chi connectivity index (χ0) is 21.1. The molecule has 1 atom stereocenters. The van der Waals surface area contributed by atoms with E-state index in [1.807, 2.05) is 0 Å². The SMILES string of the molecule is CCC(C)(Cc1cccc(C2(C(C)(C)C)CC2)c1)C1(c2cc(F)cc(F)c2)CC1. The Morgan fingerprint density at radius 3 is 1.86 bits per heavy atom. The van der Waals surface area contributed by atoms with Gasteiger partial charge in [0, 0.05) is 16.9 Å². The van der Waals surface area contributed by atoms with Crippen LogP contribution in [0.1, 0.15) is 83.4 Å². The predicted molar refractivity (Wildman–Crippen MR) is 116 cm³/mol. The maximum absolute atomic E-state index is 14.0. The van der Waals surface area contributed by atoms with Gasteiger partial charge in [0.25, 0.3) is 0 Å². The Labute approximate surface area is 174 Å². The molecule has 0 aliphatic heterocycles. The molecule has 0 amide bonds. The van der Waals surface area contributed by atoms with E-state index in [0.29, 0.717) is 5.41 Å². The largest absolute Gasteiger partial charge is 0.207 e. The van der Waals surface area contributed by atoms with Gasteiger partial charge in [0.2, 0.25) is 0 Å². The molecule has 2 aromatic rings. The molecule has 2 aliphatic carbocycles. The molecule has 4 rings (SSSR count). The van der Waals surface area contributed by atoms with Crippen LogP contribution >= 0.6 is 0 Å². The number of halogens is 2. The third-order valence-electron chi connectivity index (χ3n) is 8.36. The second kappa shape index (κ2) is 6.65. The lowest BCUT2D eigenvalue weighted by Gasteiger charge is -2.39. The van der Waals surface area contributed by atoms with Crippen molar-refractivity contribution in [3.63, 3.8) is 0 Å². The molecule has 0 heterocycles. The molecule has 0 nitrogen and oxygen atoms in total. The van der Waals surface area contributed by atoms with E-state index in [1.54, 1.807) is 12.1 Å². The van der Waals surface area contributed by atoms with E-state index in [0.717, 1.165) is 37.3 Å². The topological polar surface area (TPSA) is 0 Å². The quantitative estimate of drug-likeness (QED) is 0.468. The molecular weight excluding hydrogens is 362 g/mol. The van der Waals surface area contributed by atoms with Crippen molar-refractivity contribution >= 4 is 0 Å². The Hall–Kier alpha value is -1.70. The summed E-state index contributed by atoms with van der Waals surface area (Å²) in [5, 5.41) is 0. The van der Waals surface area contributed by atoms with E-state index < -0.39 is 11.6 Å². The zero-order valence-electron chi connectivity index (χ0n) is 18.5. The van der Waals surface area contributed by atoms with Gasteiger partial charge in [-0.15, -0.1) is 0 Å². The fourth-order valence-corrected chi connectivity index (χ4v) is 5.85. The Bertz CT molecular complexity index is 892. The first-order valence-electron chi connectivity index (χ1n) is 11.1. The van der Waals surface area contributed by atoms with E-state index in [2.05, 4.69) is 58.9 Å². The van der Waals surface area contributed by atoms with Gasteiger partial charge in [-0.3, -0.25) is 0 Å². The highest BCUT2D eigenvalue weighted by Gasteiger charge is 2.57. The van der Waals surface area contributed by atoms with Crippen LogP contribution in [0.2, 0.25) is 0 Å². The van der Waals surface area contributed by atoms with E-state index in [1.165, 1.54) is 24.0 Å². The maximum atomic E-state index is 14.0. The molecule has 2 fully saturated rings. The van der Waals surface area contributed by atoms with Crippen molar-refractivity contribution in [2.45, 2.75) is 84.0 Å². The second-order valence-corrected chi connectivity index (χ2v) is 10.9. The summed E-state index contributed by atoms with van der Waals surface area (Å²) in [6.45, 7) is 11.6. The van der Waals surface area contributed by atoms with Crippen molar-refractivity contribution in [3.8, 4) is 0 Å². The molecule has 0 bridgehead atoms. The van der Waals surface area contributed by atoms with Gasteiger partial charge < -0.3 is 0 Å². The fourth-order valence-electron chi connectivity index (χ4n) is 5.85. The number of hydrogen-bond acceptors (Lipinski definition) is 0. The molecular formula is C27H34F2. The third-order valence-corrected chi connectivity index (χ3v) is 8.36. The van der Waals surface area contributed by atoms with Crippen molar-refractivity contribution < 1.29 is 8.78 Å². The average molecular weight is 397 g/mol. The lowest BCUT2D eigenvalue weighted by Crippen LogP contribution is -2.34. The molecule has 2 saturated carbocycles. The van der Waals surface area contributed by atoms with Gasteiger partial charge >= 0.3 is 0 Å². The molecule has 29 heavy (non-hydrogen) atoms. The van der Waals surface area contributed by atoms with Crippen LogP contribution in [0.5, 0.6) is 0 Å². The van der Waals surface area contributed by atoms with Crippen LogP contribution in [-0.2, 0) is 17.3 Å². The molecule has 2 aromatic carbocycles. The molecule has 0 aromatic heterocycles. The highest BCUT2D eigenvalue weighted by Crippen LogP contribution is 2.63. The van der Waals surface area contributed by atoms with Gasteiger partial charge in [-0.05, 0) is 78.2 Å². The summed E-state index contributed by atoms with van der Waals surface area (Å²) in [6.07, 6.45) is 6.46. The van der Waals surface area contributed by atoms with Crippen molar-refractivity contribution in [1.82, 2.24) is 0 Å². The van der Waals surface area contributed by atoms with Gasteiger partial charge in [0.1, 0.15) is 11.6 Å². The minimum absolute atomic E-state index is 0.0235. The molecule has 1 unspecified atom stereocenters. The molecule has 0 spiro atoms. The number of rotatable bonds is 6. The molecule has 2 aliphatic rings. The summed E-state index contributed by atoms with van der Waals surface area (Å²) in [6, 6.07) is 13.2. The van der Waals surface area contributed by atoms with Gasteiger partial charge in [-0.1, -0.05) is 58.9 Å². The summed E-state index contributed by atoms with van der Waals surface area (Å²) in [5.74, 6) is -0.930. The van der Waals surface area contributed by atoms with Gasteiger partial charge in [0.15, 0.2) is 0 Å². The van der Waals surface area contributed by atoms with Crippen LogP contribution in [0.4, 0.5) is 8.78 Å². The Morgan fingerprint density at radius 2 is 1.38 bits per heavy atom. The first kappa shape index (κ1) is 20.6. The second-order valence-electron chi connectivity index (χ2n) is 10.9. The van der Waals surface area contributed by atoms with Gasteiger partial charge in [0.05, 0.1) is 0 Å². The fraction of sp³-hybridized carbons (Fsp3) is 0.556. The van der Waals surface area contributed by atoms with Crippen molar-refractivity contribution in [2.75, 3.05) is 0 Å².